The minimum atomic E-state index is -0.182. The highest BCUT2D eigenvalue weighted by Gasteiger charge is 2.38. The van der Waals surface area contributed by atoms with E-state index < -0.39 is 0 Å². The summed E-state index contributed by atoms with van der Waals surface area (Å²) in [5.41, 5.74) is 15.1. The van der Waals surface area contributed by atoms with Gasteiger partial charge in [-0.25, -0.2) is 0 Å². The van der Waals surface area contributed by atoms with Crippen molar-refractivity contribution >= 4 is 54.4 Å². The van der Waals surface area contributed by atoms with Crippen molar-refractivity contribution in [3.05, 3.63) is 181 Å². The fourth-order valence-corrected chi connectivity index (χ4v) is 9.22. The zero-order valence-corrected chi connectivity index (χ0v) is 28.6. The summed E-state index contributed by atoms with van der Waals surface area (Å²) in [4.78, 5) is 0. The summed E-state index contributed by atoms with van der Waals surface area (Å²) in [6, 6.07) is 62.7. The van der Waals surface area contributed by atoms with Gasteiger partial charge < -0.3 is 9.13 Å². The molecule has 0 amide bonds. The summed E-state index contributed by atoms with van der Waals surface area (Å²) in [7, 11) is 0. The normalized spacial score (nSPS) is 13.5. The first-order valence-electron chi connectivity index (χ1n) is 17.9. The van der Waals surface area contributed by atoms with E-state index in [9.17, 15) is 0 Å². The van der Waals surface area contributed by atoms with Gasteiger partial charge in [-0.05, 0) is 87.3 Å². The number of benzene rings is 8. The molecule has 8 aromatic carbocycles. The molecule has 11 rings (SSSR count). The van der Waals surface area contributed by atoms with Crippen LogP contribution in [0.5, 0.6) is 0 Å². The van der Waals surface area contributed by atoms with Crippen molar-refractivity contribution in [1.82, 2.24) is 9.13 Å². The number of para-hydroxylation sites is 4. The average Bonchev–Trinajstić information content (AvgIpc) is 3.78. The quantitative estimate of drug-likeness (QED) is 0.180. The second-order valence-electron chi connectivity index (χ2n) is 14.5. The van der Waals surface area contributed by atoms with Crippen molar-refractivity contribution < 1.29 is 0 Å². The molecule has 2 heteroatoms. The van der Waals surface area contributed by atoms with Crippen molar-refractivity contribution in [1.29, 1.82) is 0 Å². The molecule has 0 aliphatic heterocycles. The predicted octanol–water partition coefficient (Wildman–Crippen LogP) is 13.0. The average molecular weight is 651 g/mol. The van der Waals surface area contributed by atoms with Gasteiger partial charge in [-0.15, -0.1) is 0 Å². The monoisotopic (exact) mass is 650 g/mol. The Bertz CT molecular complexity index is 3030. The minimum Gasteiger partial charge on any atom is -0.309 e. The van der Waals surface area contributed by atoms with E-state index in [4.69, 9.17) is 0 Å². The lowest BCUT2D eigenvalue weighted by Crippen LogP contribution is -2.16. The molecule has 51 heavy (non-hydrogen) atoms. The van der Waals surface area contributed by atoms with Gasteiger partial charge >= 0.3 is 0 Å². The van der Waals surface area contributed by atoms with Crippen LogP contribution < -0.4 is 0 Å². The molecule has 0 bridgehead atoms. The maximum Gasteiger partial charge on any atom is 0.0622 e. The second-order valence-corrected chi connectivity index (χ2v) is 14.5. The number of nitrogens with zero attached hydrogens (tertiary/aromatic N) is 2. The summed E-state index contributed by atoms with van der Waals surface area (Å²) in [6.45, 7) is 4.82. The van der Waals surface area contributed by atoms with Gasteiger partial charge in [0.2, 0.25) is 0 Å². The Morgan fingerprint density at radius 2 is 0.961 bits per heavy atom. The molecular formula is C49H34N2. The maximum atomic E-state index is 2.48. The molecule has 0 fully saturated rings. The first kappa shape index (κ1) is 28.5. The van der Waals surface area contributed by atoms with Gasteiger partial charge in [0, 0.05) is 43.7 Å². The lowest BCUT2D eigenvalue weighted by molar-refractivity contribution is 0.666. The molecule has 0 saturated heterocycles. The molecule has 2 heterocycles. The molecule has 0 spiro atoms. The van der Waals surface area contributed by atoms with Crippen LogP contribution in [0.25, 0.3) is 88.0 Å². The third-order valence-corrected chi connectivity index (χ3v) is 11.5. The van der Waals surface area contributed by atoms with Crippen molar-refractivity contribution in [3.63, 3.8) is 0 Å². The predicted molar refractivity (Wildman–Crippen MR) is 216 cm³/mol. The van der Waals surface area contributed by atoms with Crippen molar-refractivity contribution in [2.45, 2.75) is 19.3 Å². The molecule has 0 atom stereocenters. The van der Waals surface area contributed by atoms with E-state index in [1.807, 2.05) is 0 Å². The van der Waals surface area contributed by atoms with Crippen LogP contribution in [0.2, 0.25) is 0 Å². The number of rotatable bonds is 3. The molecule has 0 unspecified atom stereocenters. The van der Waals surface area contributed by atoms with Crippen molar-refractivity contribution in [3.8, 4) is 33.6 Å². The Balaban J connectivity index is 1.16. The molecule has 0 radical (unpaired) electrons. The van der Waals surface area contributed by atoms with Gasteiger partial charge in [0.25, 0.3) is 0 Å². The minimum absolute atomic E-state index is 0.182. The molecule has 1 aliphatic rings. The van der Waals surface area contributed by atoms with Crippen LogP contribution in [-0.2, 0) is 5.41 Å². The Hall–Kier alpha value is -6.38. The van der Waals surface area contributed by atoms with Crippen LogP contribution in [-0.4, -0.2) is 9.13 Å². The van der Waals surface area contributed by atoms with Gasteiger partial charge in [0.05, 0.1) is 22.1 Å². The highest BCUT2D eigenvalue weighted by molar-refractivity contribution is 6.21. The third-order valence-electron chi connectivity index (χ3n) is 11.5. The Kier molecular flexibility index (Phi) is 5.76. The summed E-state index contributed by atoms with van der Waals surface area (Å²) >= 11 is 0. The van der Waals surface area contributed by atoms with Gasteiger partial charge in [-0.3, -0.25) is 0 Å². The largest absolute Gasteiger partial charge is 0.309 e. The molecule has 1 aliphatic carbocycles. The van der Waals surface area contributed by atoms with Gasteiger partial charge in [-0.1, -0.05) is 135 Å². The van der Waals surface area contributed by atoms with Crippen LogP contribution in [0, 0.1) is 0 Å². The van der Waals surface area contributed by atoms with E-state index in [0.29, 0.717) is 0 Å². The van der Waals surface area contributed by atoms with Crippen LogP contribution in [0.1, 0.15) is 25.0 Å². The highest BCUT2D eigenvalue weighted by Crippen LogP contribution is 2.54. The number of fused-ring (bicyclic) bond motifs is 12. The molecule has 2 nitrogen and oxygen atoms in total. The first-order chi connectivity index (χ1) is 25.1. The second kappa shape index (κ2) is 10.3. The molecule has 240 valence electrons. The summed E-state index contributed by atoms with van der Waals surface area (Å²) in [5, 5.41) is 7.76. The Morgan fingerprint density at radius 3 is 1.71 bits per heavy atom. The number of hydrogen-bond acceptors (Lipinski definition) is 0. The van der Waals surface area contributed by atoms with Crippen molar-refractivity contribution in [2.24, 2.45) is 0 Å². The van der Waals surface area contributed by atoms with Crippen LogP contribution in [0.3, 0.4) is 0 Å². The summed E-state index contributed by atoms with van der Waals surface area (Å²) in [6.07, 6.45) is 0. The van der Waals surface area contributed by atoms with E-state index in [0.717, 1.165) is 0 Å². The molecular weight excluding hydrogens is 617 g/mol. The lowest BCUT2D eigenvalue weighted by atomic mass is 9.79. The molecule has 0 saturated carbocycles. The van der Waals surface area contributed by atoms with Crippen LogP contribution in [0.15, 0.2) is 170 Å². The molecule has 10 aromatic rings. The van der Waals surface area contributed by atoms with E-state index in [1.54, 1.807) is 0 Å². The standard InChI is InChI=1S/C49H34N2/c1-49(2)42-28-24-32(33-23-25-38-36-17-9-11-19-43(36)50(45(38)30-33)34-13-5-3-6-14-34)29-41(42)39-26-21-31-22-27-40-37-18-10-12-20-44(37)51(35-15-7-4-8-16-35)48(40)46(31)47(39)49/h3-30H,1-2H3. The number of hydrogen-bond donors (Lipinski definition) is 0. The topological polar surface area (TPSA) is 9.86 Å². The van der Waals surface area contributed by atoms with Crippen LogP contribution >= 0.6 is 0 Å². The maximum absolute atomic E-state index is 2.48. The SMILES string of the molecule is CC1(C)c2ccc(-c3ccc4c5ccccc5n(-c5ccccc5)c4c3)cc2-c2ccc3ccc4c5ccccc5n(-c5ccccc5)c4c3c21. The van der Waals surface area contributed by atoms with Gasteiger partial charge in [0.1, 0.15) is 0 Å². The highest BCUT2D eigenvalue weighted by atomic mass is 15.0. The zero-order chi connectivity index (χ0) is 33.8. The molecule has 0 N–H and O–H groups in total. The smallest absolute Gasteiger partial charge is 0.0622 e. The van der Waals surface area contributed by atoms with E-state index in [2.05, 4.69) is 193 Å². The van der Waals surface area contributed by atoms with E-state index >= 15 is 0 Å². The zero-order valence-electron chi connectivity index (χ0n) is 28.6. The van der Waals surface area contributed by atoms with Gasteiger partial charge in [-0.2, -0.15) is 0 Å². The van der Waals surface area contributed by atoms with E-state index in [1.165, 1.54) is 99.1 Å². The Labute approximate surface area is 296 Å². The Morgan fingerprint density at radius 1 is 0.412 bits per heavy atom. The van der Waals surface area contributed by atoms with Gasteiger partial charge in [0.15, 0.2) is 0 Å². The van der Waals surface area contributed by atoms with Crippen molar-refractivity contribution in [2.75, 3.05) is 0 Å². The first-order valence-corrected chi connectivity index (χ1v) is 17.9. The van der Waals surface area contributed by atoms with E-state index in [-0.39, 0.29) is 5.41 Å². The molecule has 2 aromatic heterocycles. The van der Waals surface area contributed by atoms with Crippen LogP contribution in [0.4, 0.5) is 0 Å². The summed E-state index contributed by atoms with van der Waals surface area (Å²) < 4.78 is 4.89. The third kappa shape index (κ3) is 3.88. The lowest BCUT2D eigenvalue weighted by Gasteiger charge is -2.24. The fraction of sp³-hybridized carbons (Fsp3) is 0.0612. The summed E-state index contributed by atoms with van der Waals surface area (Å²) in [5.74, 6) is 0. The number of aromatic nitrogens is 2. The fourth-order valence-electron chi connectivity index (χ4n) is 9.22.